The zero-order chi connectivity index (χ0) is 9.15. The normalized spacial score (nSPS) is 28.1. The van der Waals surface area contributed by atoms with Crippen molar-refractivity contribution in [2.45, 2.75) is 56.7 Å². The third-order valence-electron chi connectivity index (χ3n) is 3.24. The van der Waals surface area contributed by atoms with Crippen LogP contribution in [0.2, 0.25) is 0 Å². The second-order valence-electron chi connectivity index (χ2n) is 4.16. The molecule has 2 saturated carbocycles. The number of ether oxygens (including phenoxy) is 1. The summed E-state index contributed by atoms with van der Waals surface area (Å²) in [5, 5.41) is 8.75. The fourth-order valence-electron chi connectivity index (χ4n) is 2.03. The number of methoxy groups -OCH3 is 1. The van der Waals surface area contributed by atoms with Gasteiger partial charge in [0.2, 0.25) is 0 Å². The van der Waals surface area contributed by atoms with Crippen LogP contribution in [-0.4, -0.2) is 18.9 Å². The van der Waals surface area contributed by atoms with Gasteiger partial charge in [0.25, 0.3) is 0 Å². The third-order valence-corrected chi connectivity index (χ3v) is 3.24. The molecule has 13 heavy (non-hydrogen) atoms. The van der Waals surface area contributed by atoms with Gasteiger partial charge in [-0.05, 0) is 32.1 Å². The molecule has 2 fully saturated rings. The van der Waals surface area contributed by atoms with Crippen molar-refractivity contribution in [2.24, 2.45) is 10.2 Å². The Labute approximate surface area is 79.6 Å². The molecule has 0 amide bonds. The summed E-state index contributed by atoms with van der Waals surface area (Å²) in [6.45, 7) is 0. The summed E-state index contributed by atoms with van der Waals surface area (Å²) >= 11 is 0. The van der Waals surface area contributed by atoms with Crippen LogP contribution in [-0.2, 0) is 4.74 Å². The van der Waals surface area contributed by atoms with E-state index in [9.17, 15) is 0 Å². The molecule has 0 saturated heterocycles. The number of rotatable bonds is 3. The van der Waals surface area contributed by atoms with Crippen molar-refractivity contribution < 1.29 is 4.74 Å². The van der Waals surface area contributed by atoms with Crippen LogP contribution in [0.5, 0.6) is 0 Å². The Morgan fingerprint density at radius 1 is 1.15 bits per heavy atom. The largest absolute Gasteiger partial charge is 0.355 e. The highest BCUT2D eigenvalue weighted by Crippen LogP contribution is 2.37. The molecule has 74 valence electrons. The summed E-state index contributed by atoms with van der Waals surface area (Å²) in [7, 11) is 1.74. The van der Waals surface area contributed by atoms with Crippen LogP contribution >= 0.6 is 0 Å². The lowest BCUT2D eigenvalue weighted by atomic mass is 9.89. The van der Waals surface area contributed by atoms with E-state index in [1.807, 2.05) is 0 Å². The van der Waals surface area contributed by atoms with Gasteiger partial charge in [0, 0.05) is 7.11 Å². The van der Waals surface area contributed by atoms with E-state index in [0.29, 0.717) is 6.04 Å². The third kappa shape index (κ3) is 1.90. The quantitative estimate of drug-likeness (QED) is 0.618. The van der Waals surface area contributed by atoms with Gasteiger partial charge in [-0.1, -0.05) is 12.8 Å². The minimum Gasteiger partial charge on any atom is -0.355 e. The number of azo groups is 1. The number of hydrogen-bond donors (Lipinski definition) is 0. The van der Waals surface area contributed by atoms with Gasteiger partial charge in [-0.25, -0.2) is 0 Å². The van der Waals surface area contributed by atoms with Crippen LogP contribution in [0.1, 0.15) is 44.9 Å². The monoisotopic (exact) mass is 182 g/mol. The van der Waals surface area contributed by atoms with Crippen molar-refractivity contribution in [3.8, 4) is 0 Å². The van der Waals surface area contributed by atoms with E-state index in [0.717, 1.165) is 12.8 Å². The second kappa shape index (κ2) is 3.74. The zero-order valence-corrected chi connectivity index (χ0v) is 8.33. The molecule has 0 heterocycles. The molecule has 0 radical (unpaired) electrons. The van der Waals surface area contributed by atoms with Gasteiger partial charge in [-0.3, -0.25) is 0 Å². The second-order valence-corrected chi connectivity index (χ2v) is 4.16. The summed E-state index contributed by atoms with van der Waals surface area (Å²) in [5.74, 6) is 0. The van der Waals surface area contributed by atoms with E-state index in [-0.39, 0.29) is 5.72 Å². The predicted molar refractivity (Wildman–Crippen MR) is 50.7 cm³/mol. The number of hydrogen-bond acceptors (Lipinski definition) is 3. The lowest BCUT2D eigenvalue weighted by molar-refractivity contribution is -0.0706. The first-order valence-corrected chi connectivity index (χ1v) is 5.32. The first-order valence-electron chi connectivity index (χ1n) is 5.32. The highest BCUT2D eigenvalue weighted by molar-refractivity contribution is 4.86. The molecule has 0 aromatic heterocycles. The van der Waals surface area contributed by atoms with E-state index in [2.05, 4.69) is 10.2 Å². The highest BCUT2D eigenvalue weighted by atomic mass is 16.5. The van der Waals surface area contributed by atoms with Crippen LogP contribution in [0.25, 0.3) is 0 Å². The molecule has 0 aromatic carbocycles. The minimum atomic E-state index is -0.220. The van der Waals surface area contributed by atoms with Crippen molar-refractivity contribution >= 4 is 0 Å². The van der Waals surface area contributed by atoms with Crippen molar-refractivity contribution in [3.05, 3.63) is 0 Å². The SMILES string of the molecule is COC1(N=NC2CCCC2)CCC1. The van der Waals surface area contributed by atoms with Crippen molar-refractivity contribution in [3.63, 3.8) is 0 Å². The molecule has 0 N–H and O–H groups in total. The van der Waals surface area contributed by atoms with Crippen LogP contribution in [0.4, 0.5) is 0 Å². The van der Waals surface area contributed by atoms with Gasteiger partial charge in [0.05, 0.1) is 6.04 Å². The lowest BCUT2D eigenvalue weighted by Crippen LogP contribution is -2.36. The Kier molecular flexibility index (Phi) is 2.63. The fraction of sp³-hybridized carbons (Fsp3) is 1.00. The van der Waals surface area contributed by atoms with E-state index < -0.39 is 0 Å². The van der Waals surface area contributed by atoms with E-state index >= 15 is 0 Å². The Hall–Kier alpha value is -0.440. The molecule has 0 aromatic rings. The van der Waals surface area contributed by atoms with Gasteiger partial charge < -0.3 is 4.74 Å². The minimum absolute atomic E-state index is 0.220. The maximum absolute atomic E-state index is 5.37. The fourth-order valence-corrected chi connectivity index (χ4v) is 2.03. The van der Waals surface area contributed by atoms with Gasteiger partial charge >= 0.3 is 0 Å². The van der Waals surface area contributed by atoms with Gasteiger partial charge in [0.1, 0.15) is 0 Å². The Bertz CT molecular complexity index is 188. The summed E-state index contributed by atoms with van der Waals surface area (Å²) in [4.78, 5) is 0. The van der Waals surface area contributed by atoms with Gasteiger partial charge in [-0.2, -0.15) is 10.2 Å². The first-order chi connectivity index (χ1) is 6.35. The average Bonchev–Trinajstić information content (AvgIpc) is 2.56. The number of nitrogens with zero attached hydrogens (tertiary/aromatic N) is 2. The molecule has 2 aliphatic rings. The van der Waals surface area contributed by atoms with Crippen molar-refractivity contribution in [1.82, 2.24) is 0 Å². The molecule has 0 aliphatic heterocycles. The summed E-state index contributed by atoms with van der Waals surface area (Å²) in [6.07, 6.45) is 8.44. The van der Waals surface area contributed by atoms with E-state index in [1.54, 1.807) is 7.11 Å². The van der Waals surface area contributed by atoms with E-state index in [4.69, 9.17) is 4.74 Å². The predicted octanol–water partition coefficient (Wildman–Crippen LogP) is 2.91. The molecule has 3 heteroatoms. The molecular formula is C10H18N2O. The van der Waals surface area contributed by atoms with Gasteiger partial charge in [0.15, 0.2) is 5.72 Å². The molecular weight excluding hydrogens is 164 g/mol. The molecule has 0 unspecified atom stereocenters. The Balaban J connectivity index is 1.87. The van der Waals surface area contributed by atoms with Crippen LogP contribution in [0.3, 0.4) is 0 Å². The van der Waals surface area contributed by atoms with Crippen molar-refractivity contribution in [1.29, 1.82) is 0 Å². The Morgan fingerprint density at radius 2 is 1.85 bits per heavy atom. The standard InChI is InChI=1S/C10H18N2O/c1-13-10(7-4-8-10)12-11-9-5-2-3-6-9/h9H,2-8H2,1H3. The molecule has 3 nitrogen and oxygen atoms in total. The maximum Gasteiger partial charge on any atom is 0.178 e. The van der Waals surface area contributed by atoms with Gasteiger partial charge in [-0.15, -0.1) is 0 Å². The summed E-state index contributed by atoms with van der Waals surface area (Å²) in [5.41, 5.74) is -0.220. The molecule has 0 spiro atoms. The molecule has 0 bridgehead atoms. The first kappa shape index (κ1) is 9.13. The average molecular weight is 182 g/mol. The smallest absolute Gasteiger partial charge is 0.178 e. The van der Waals surface area contributed by atoms with Crippen molar-refractivity contribution in [2.75, 3.05) is 7.11 Å². The van der Waals surface area contributed by atoms with E-state index in [1.165, 1.54) is 32.1 Å². The van der Waals surface area contributed by atoms with Crippen LogP contribution < -0.4 is 0 Å². The summed E-state index contributed by atoms with van der Waals surface area (Å²) < 4.78 is 5.37. The molecule has 2 rings (SSSR count). The zero-order valence-electron chi connectivity index (χ0n) is 8.33. The molecule has 2 aliphatic carbocycles. The van der Waals surface area contributed by atoms with Crippen LogP contribution in [0, 0.1) is 0 Å². The maximum atomic E-state index is 5.37. The highest BCUT2D eigenvalue weighted by Gasteiger charge is 2.37. The van der Waals surface area contributed by atoms with Crippen LogP contribution in [0.15, 0.2) is 10.2 Å². The lowest BCUT2D eigenvalue weighted by Gasteiger charge is -2.35. The summed E-state index contributed by atoms with van der Waals surface area (Å²) in [6, 6.07) is 0.493. The Morgan fingerprint density at radius 3 is 2.31 bits per heavy atom. The molecule has 0 atom stereocenters. The topological polar surface area (TPSA) is 34.0 Å².